The molecular weight excluding hydrogens is 376 g/mol. The van der Waals surface area contributed by atoms with E-state index in [9.17, 15) is 27.1 Å². The van der Waals surface area contributed by atoms with Gasteiger partial charge >= 0.3 is 5.76 Å². The fourth-order valence-corrected chi connectivity index (χ4v) is 4.01. The van der Waals surface area contributed by atoms with Crippen molar-refractivity contribution in [1.82, 2.24) is 5.32 Å². The van der Waals surface area contributed by atoms with Crippen LogP contribution in [-0.4, -0.2) is 31.7 Å². The van der Waals surface area contributed by atoms with E-state index in [-0.39, 0.29) is 18.0 Å². The van der Waals surface area contributed by atoms with Crippen molar-refractivity contribution in [3.05, 3.63) is 65.7 Å². The molecule has 0 bridgehead atoms. The molecule has 1 aliphatic rings. The van der Waals surface area contributed by atoms with Crippen molar-refractivity contribution in [2.24, 2.45) is 5.92 Å². The number of carbonyl (C=O) groups excluding carboxylic acids is 1. The maximum atomic E-state index is 12.9. The topological polar surface area (TPSA) is 83.5 Å². The smallest absolute Gasteiger partial charge is 0.341 e. The number of sulfone groups is 1. The van der Waals surface area contributed by atoms with Crippen molar-refractivity contribution < 1.29 is 27.1 Å². The van der Waals surface area contributed by atoms with Gasteiger partial charge < -0.3 is 10.4 Å². The molecular formula is C19H19F2NO4S. The Labute approximate surface area is 155 Å². The van der Waals surface area contributed by atoms with Gasteiger partial charge in [0.2, 0.25) is 9.84 Å². The molecule has 2 N–H and O–H groups in total. The molecule has 1 saturated carbocycles. The van der Waals surface area contributed by atoms with Crippen LogP contribution in [0.3, 0.4) is 0 Å². The number of alkyl halides is 2. The molecule has 0 aliphatic heterocycles. The molecule has 5 nitrogen and oxygen atoms in total. The van der Waals surface area contributed by atoms with Crippen LogP contribution in [0.25, 0.3) is 0 Å². The molecule has 0 saturated heterocycles. The van der Waals surface area contributed by atoms with Crippen LogP contribution in [0, 0.1) is 5.92 Å². The molecule has 1 fully saturated rings. The first-order chi connectivity index (χ1) is 12.8. The van der Waals surface area contributed by atoms with Gasteiger partial charge in [0.15, 0.2) is 0 Å². The van der Waals surface area contributed by atoms with Crippen LogP contribution in [0.5, 0.6) is 0 Å². The van der Waals surface area contributed by atoms with Crippen LogP contribution in [0.4, 0.5) is 8.78 Å². The summed E-state index contributed by atoms with van der Waals surface area (Å²) in [5, 5.41) is 13.6. The average Bonchev–Trinajstić information content (AvgIpc) is 3.52. The highest BCUT2D eigenvalue weighted by molar-refractivity contribution is 7.91. The van der Waals surface area contributed by atoms with E-state index in [4.69, 9.17) is 0 Å². The zero-order valence-electron chi connectivity index (χ0n) is 14.3. The third kappa shape index (κ3) is 3.86. The van der Waals surface area contributed by atoms with E-state index in [2.05, 4.69) is 5.32 Å². The minimum absolute atomic E-state index is 0.0276. The monoisotopic (exact) mass is 395 g/mol. The highest BCUT2D eigenvalue weighted by Crippen LogP contribution is 2.45. The number of nitrogens with one attached hydrogen (secondary N) is 1. The number of benzene rings is 2. The second kappa shape index (κ2) is 7.36. The van der Waals surface area contributed by atoms with E-state index >= 15 is 0 Å². The summed E-state index contributed by atoms with van der Waals surface area (Å²) in [5.74, 6) is -4.48. The summed E-state index contributed by atoms with van der Waals surface area (Å²) in [7, 11) is -4.92. The van der Waals surface area contributed by atoms with Gasteiger partial charge in [0.1, 0.15) is 5.60 Å². The summed E-state index contributed by atoms with van der Waals surface area (Å²) in [6.07, 6.45) is 1.61. The zero-order valence-corrected chi connectivity index (χ0v) is 15.1. The first-order valence-electron chi connectivity index (χ1n) is 8.44. The van der Waals surface area contributed by atoms with Crippen LogP contribution in [0.15, 0.2) is 59.5 Å². The number of rotatable bonds is 7. The van der Waals surface area contributed by atoms with Gasteiger partial charge in [-0.3, -0.25) is 4.79 Å². The third-order valence-corrected chi connectivity index (χ3v) is 6.16. The quantitative estimate of drug-likeness (QED) is 0.755. The second-order valence-corrected chi connectivity index (χ2v) is 8.44. The molecule has 2 aromatic rings. The number of amides is 1. The predicted molar refractivity (Wildman–Crippen MR) is 95.0 cm³/mol. The Morgan fingerprint density at radius 1 is 1.11 bits per heavy atom. The molecule has 0 aromatic heterocycles. The average molecular weight is 395 g/mol. The van der Waals surface area contributed by atoms with Gasteiger partial charge in [0.25, 0.3) is 5.91 Å². The van der Waals surface area contributed by atoms with Gasteiger partial charge in [-0.1, -0.05) is 42.5 Å². The van der Waals surface area contributed by atoms with Crippen molar-refractivity contribution in [2.75, 3.05) is 6.54 Å². The molecule has 1 amide bonds. The van der Waals surface area contributed by atoms with E-state index in [0.717, 1.165) is 18.9 Å². The van der Waals surface area contributed by atoms with E-state index in [1.165, 1.54) is 18.2 Å². The normalized spacial score (nSPS) is 16.7. The molecule has 0 heterocycles. The number of aliphatic hydroxyl groups is 1. The van der Waals surface area contributed by atoms with Crippen molar-refractivity contribution >= 4 is 15.7 Å². The van der Waals surface area contributed by atoms with Gasteiger partial charge in [-0.2, -0.15) is 8.78 Å². The third-order valence-electron chi connectivity index (χ3n) is 4.72. The summed E-state index contributed by atoms with van der Waals surface area (Å²) >= 11 is 0. The number of carbonyl (C=O) groups is 1. The standard InChI is InChI=1S/C19H19F2NO4S/c20-18(21)27(25,26)16-9-5-4-8-15(16)17(23)22-12-19(24,14-10-11-14)13-6-2-1-3-7-13/h1-9,14,18,24H,10-12H2,(H,22,23)/t19-/m0/s1. The molecule has 0 radical (unpaired) electrons. The zero-order chi connectivity index (χ0) is 19.7. The summed E-state index contributed by atoms with van der Waals surface area (Å²) < 4.78 is 49.4. The van der Waals surface area contributed by atoms with Crippen molar-refractivity contribution in [1.29, 1.82) is 0 Å². The second-order valence-electron chi connectivity index (χ2n) is 6.55. The molecule has 2 aromatic carbocycles. The van der Waals surface area contributed by atoms with Gasteiger partial charge in [-0.15, -0.1) is 0 Å². The highest BCUT2D eigenvalue weighted by Gasteiger charge is 2.45. The van der Waals surface area contributed by atoms with Crippen molar-refractivity contribution in [3.63, 3.8) is 0 Å². The van der Waals surface area contributed by atoms with Crippen molar-refractivity contribution in [2.45, 2.75) is 29.1 Å². The minimum Gasteiger partial charge on any atom is -0.383 e. The fraction of sp³-hybridized carbons (Fsp3) is 0.316. The van der Waals surface area contributed by atoms with Crippen LogP contribution < -0.4 is 5.32 Å². The largest absolute Gasteiger partial charge is 0.383 e. The summed E-state index contributed by atoms with van der Waals surface area (Å²) in [5.41, 5.74) is -1.03. The number of halogens is 2. The number of hydrogen-bond acceptors (Lipinski definition) is 4. The summed E-state index contributed by atoms with van der Waals surface area (Å²) in [4.78, 5) is 11.8. The number of hydrogen-bond donors (Lipinski definition) is 2. The Bertz CT molecular complexity index is 930. The van der Waals surface area contributed by atoms with Crippen LogP contribution in [0.1, 0.15) is 28.8 Å². The Morgan fingerprint density at radius 3 is 2.30 bits per heavy atom. The first kappa shape index (κ1) is 19.4. The van der Waals surface area contributed by atoms with E-state index < -0.39 is 32.0 Å². The Kier molecular flexibility index (Phi) is 5.30. The Morgan fingerprint density at radius 2 is 1.70 bits per heavy atom. The first-order valence-corrected chi connectivity index (χ1v) is 9.98. The molecule has 144 valence electrons. The van der Waals surface area contributed by atoms with Gasteiger partial charge in [0.05, 0.1) is 17.0 Å². The Hall–Kier alpha value is -2.32. The predicted octanol–water partition coefficient (Wildman–Crippen LogP) is 2.71. The van der Waals surface area contributed by atoms with Gasteiger partial charge in [-0.05, 0) is 36.5 Å². The summed E-state index contributed by atoms with van der Waals surface area (Å²) in [6, 6.07) is 13.7. The van der Waals surface area contributed by atoms with E-state index in [1.807, 2.05) is 0 Å². The van der Waals surface area contributed by atoms with Gasteiger partial charge in [-0.25, -0.2) is 8.42 Å². The lowest BCUT2D eigenvalue weighted by Crippen LogP contribution is -2.42. The van der Waals surface area contributed by atoms with Gasteiger partial charge in [0, 0.05) is 0 Å². The lowest BCUT2D eigenvalue weighted by molar-refractivity contribution is 0.0134. The molecule has 0 unspecified atom stereocenters. The maximum absolute atomic E-state index is 12.9. The molecule has 27 heavy (non-hydrogen) atoms. The van der Waals surface area contributed by atoms with Crippen LogP contribution in [0.2, 0.25) is 0 Å². The van der Waals surface area contributed by atoms with Crippen LogP contribution >= 0.6 is 0 Å². The molecule has 0 spiro atoms. The maximum Gasteiger partial charge on any atom is 0.341 e. The molecule has 1 aliphatic carbocycles. The summed E-state index contributed by atoms with van der Waals surface area (Å²) in [6.45, 7) is -0.149. The highest BCUT2D eigenvalue weighted by atomic mass is 32.2. The molecule has 1 atom stereocenters. The lowest BCUT2D eigenvalue weighted by Gasteiger charge is -2.29. The van der Waals surface area contributed by atoms with E-state index in [0.29, 0.717) is 5.56 Å². The minimum atomic E-state index is -4.92. The molecule has 8 heteroatoms. The van der Waals surface area contributed by atoms with E-state index in [1.54, 1.807) is 30.3 Å². The molecule has 3 rings (SSSR count). The van der Waals surface area contributed by atoms with Crippen molar-refractivity contribution in [3.8, 4) is 0 Å². The fourth-order valence-electron chi connectivity index (χ4n) is 3.08. The SMILES string of the molecule is O=C(NC[C@](O)(c1ccccc1)C1CC1)c1ccccc1S(=O)(=O)C(F)F. The Balaban J connectivity index is 1.84. The lowest BCUT2D eigenvalue weighted by atomic mass is 9.88. The van der Waals surface area contributed by atoms with Crippen LogP contribution in [-0.2, 0) is 15.4 Å².